The fourth-order valence-corrected chi connectivity index (χ4v) is 0.716. The van der Waals surface area contributed by atoms with E-state index in [1.54, 1.807) is 4.90 Å². The number of carbonyl (C=O) groups is 1. The van der Waals surface area contributed by atoms with Crippen LogP contribution in [-0.4, -0.2) is 37.2 Å². The van der Waals surface area contributed by atoms with Gasteiger partial charge in [0.1, 0.15) is 13.3 Å². The highest BCUT2D eigenvalue weighted by molar-refractivity contribution is 6.26. The molecule has 0 aliphatic carbocycles. The molecule has 0 radical (unpaired) electrons. The normalized spacial score (nSPS) is 17.1. The molecule has 10 heavy (non-hydrogen) atoms. The van der Waals surface area contributed by atoms with Crippen molar-refractivity contribution in [1.82, 2.24) is 4.90 Å². The largest absolute Gasteiger partial charge is 0.399 e. The summed E-state index contributed by atoms with van der Waals surface area (Å²) in [6.45, 7) is 1.71. The fraction of sp³-hybridized carbons (Fsp3) is 0.667. The minimum Gasteiger partial charge on any atom is -0.399 e. The van der Waals surface area contributed by atoms with E-state index >= 15 is 0 Å². The van der Waals surface area contributed by atoms with Gasteiger partial charge in [0.05, 0.1) is 0 Å². The molecule has 1 heterocycles. The van der Waals surface area contributed by atoms with Gasteiger partial charge < -0.3 is 9.74 Å². The van der Waals surface area contributed by atoms with E-state index in [1.807, 2.05) is 0 Å². The zero-order valence-electron chi connectivity index (χ0n) is 5.91. The van der Waals surface area contributed by atoms with E-state index in [0.29, 0.717) is 0 Å². The van der Waals surface area contributed by atoms with E-state index in [0.717, 1.165) is 19.5 Å². The maximum absolute atomic E-state index is 10.9. The van der Waals surface area contributed by atoms with Gasteiger partial charge in [-0.25, -0.2) is 0 Å². The number of oxime groups is 1. The van der Waals surface area contributed by atoms with Crippen LogP contribution in [0.2, 0.25) is 0 Å². The van der Waals surface area contributed by atoms with E-state index in [9.17, 15) is 4.79 Å². The van der Waals surface area contributed by atoms with Gasteiger partial charge in [-0.1, -0.05) is 5.16 Å². The zero-order chi connectivity index (χ0) is 7.40. The molecule has 1 saturated heterocycles. The lowest BCUT2D eigenvalue weighted by atomic mass is 10.2. The third-order valence-electron chi connectivity index (χ3n) is 1.44. The van der Waals surface area contributed by atoms with Gasteiger partial charge in [0.25, 0.3) is 5.91 Å². The second kappa shape index (κ2) is 3.20. The molecule has 4 heteroatoms. The Kier molecular flexibility index (Phi) is 2.25. The molecular weight excluding hydrogens is 132 g/mol. The summed E-state index contributed by atoms with van der Waals surface area (Å²) in [7, 11) is 1.42. The first kappa shape index (κ1) is 7.05. The van der Waals surface area contributed by atoms with Gasteiger partial charge in [0.2, 0.25) is 0 Å². The van der Waals surface area contributed by atoms with Crippen LogP contribution in [0.5, 0.6) is 0 Å². The molecule has 0 aromatic heterocycles. The number of rotatable bonds is 2. The van der Waals surface area contributed by atoms with Gasteiger partial charge in [0, 0.05) is 13.1 Å². The first-order valence-electron chi connectivity index (χ1n) is 3.20. The van der Waals surface area contributed by atoms with Crippen LogP contribution in [0.4, 0.5) is 0 Å². The summed E-state index contributed by atoms with van der Waals surface area (Å²) in [4.78, 5) is 16.9. The van der Waals surface area contributed by atoms with Crippen LogP contribution in [0.3, 0.4) is 0 Å². The number of carbonyl (C=O) groups excluding carboxylic acids is 1. The maximum atomic E-state index is 10.9. The van der Waals surface area contributed by atoms with Gasteiger partial charge in [-0.15, -0.1) is 0 Å². The van der Waals surface area contributed by atoms with Crippen LogP contribution >= 0.6 is 0 Å². The molecule has 1 aliphatic rings. The molecule has 0 bridgehead atoms. The molecule has 0 unspecified atom stereocenters. The molecule has 0 aromatic carbocycles. The van der Waals surface area contributed by atoms with Crippen LogP contribution in [0.15, 0.2) is 5.16 Å². The van der Waals surface area contributed by atoms with Gasteiger partial charge in [0.15, 0.2) is 0 Å². The second-order valence-corrected chi connectivity index (χ2v) is 2.10. The van der Waals surface area contributed by atoms with Crippen molar-refractivity contribution in [2.75, 3.05) is 20.2 Å². The van der Waals surface area contributed by atoms with Crippen molar-refractivity contribution in [1.29, 1.82) is 0 Å². The average Bonchev–Trinajstić information content (AvgIpc) is 1.79. The summed E-state index contributed by atoms with van der Waals surface area (Å²) in [5.74, 6) is -0.0619. The molecular formula is C6H10N2O2. The van der Waals surface area contributed by atoms with E-state index in [4.69, 9.17) is 0 Å². The SMILES string of the molecule is CO/N=C/C(=O)N1CCC1. The molecule has 4 nitrogen and oxygen atoms in total. The van der Waals surface area contributed by atoms with Crippen molar-refractivity contribution in [3.63, 3.8) is 0 Å². The third kappa shape index (κ3) is 1.46. The molecule has 1 aliphatic heterocycles. The van der Waals surface area contributed by atoms with E-state index < -0.39 is 0 Å². The summed E-state index contributed by atoms with van der Waals surface area (Å²) in [6, 6.07) is 0. The molecule has 0 aromatic rings. The summed E-state index contributed by atoms with van der Waals surface area (Å²) < 4.78 is 0. The first-order chi connectivity index (χ1) is 4.84. The lowest BCUT2D eigenvalue weighted by Crippen LogP contribution is -2.42. The maximum Gasteiger partial charge on any atom is 0.268 e. The van der Waals surface area contributed by atoms with Crippen molar-refractivity contribution in [2.45, 2.75) is 6.42 Å². The quantitative estimate of drug-likeness (QED) is 0.397. The van der Waals surface area contributed by atoms with Crippen LogP contribution in [0, 0.1) is 0 Å². The molecule has 56 valence electrons. The summed E-state index contributed by atoms with van der Waals surface area (Å²) >= 11 is 0. The summed E-state index contributed by atoms with van der Waals surface area (Å²) in [5, 5.41) is 3.36. The topological polar surface area (TPSA) is 41.9 Å². The Morgan fingerprint density at radius 3 is 2.80 bits per heavy atom. The Balaban J connectivity index is 2.26. The van der Waals surface area contributed by atoms with Gasteiger partial charge in [-0.2, -0.15) is 0 Å². The van der Waals surface area contributed by atoms with E-state index in [2.05, 4.69) is 9.99 Å². The molecule has 1 amide bonds. The van der Waals surface area contributed by atoms with Crippen molar-refractivity contribution in [2.24, 2.45) is 5.16 Å². The minimum absolute atomic E-state index is 0.0619. The van der Waals surface area contributed by atoms with Crippen molar-refractivity contribution in [3.05, 3.63) is 0 Å². The van der Waals surface area contributed by atoms with Gasteiger partial charge in [-0.3, -0.25) is 4.79 Å². The fourth-order valence-electron chi connectivity index (χ4n) is 0.716. The highest BCUT2D eigenvalue weighted by Crippen LogP contribution is 2.03. The number of likely N-dealkylation sites (tertiary alicyclic amines) is 1. The second-order valence-electron chi connectivity index (χ2n) is 2.10. The Labute approximate surface area is 59.4 Å². The van der Waals surface area contributed by atoms with Crippen molar-refractivity contribution < 1.29 is 9.63 Å². The first-order valence-corrected chi connectivity index (χ1v) is 3.20. The summed E-state index contributed by atoms with van der Waals surface area (Å²) in [6.07, 6.45) is 2.30. The Morgan fingerprint density at radius 1 is 1.70 bits per heavy atom. The molecule has 0 N–H and O–H groups in total. The standard InChI is InChI=1S/C6H10N2O2/c1-10-7-5-6(9)8-3-2-4-8/h5H,2-4H2,1H3/b7-5+. The molecule has 0 atom stereocenters. The number of amides is 1. The predicted molar refractivity (Wildman–Crippen MR) is 36.7 cm³/mol. The average molecular weight is 142 g/mol. The molecule has 0 spiro atoms. The van der Waals surface area contributed by atoms with Crippen molar-refractivity contribution in [3.8, 4) is 0 Å². The zero-order valence-corrected chi connectivity index (χ0v) is 5.91. The minimum atomic E-state index is -0.0619. The van der Waals surface area contributed by atoms with Crippen molar-refractivity contribution >= 4 is 12.1 Å². The Hall–Kier alpha value is -1.06. The Bertz CT molecular complexity index is 152. The Morgan fingerprint density at radius 2 is 2.40 bits per heavy atom. The van der Waals surface area contributed by atoms with E-state index in [1.165, 1.54) is 13.3 Å². The smallest absolute Gasteiger partial charge is 0.268 e. The third-order valence-corrected chi connectivity index (χ3v) is 1.44. The summed E-state index contributed by atoms with van der Waals surface area (Å²) in [5.41, 5.74) is 0. The molecule has 1 fully saturated rings. The number of nitrogens with zero attached hydrogens (tertiary/aromatic N) is 2. The predicted octanol–water partition coefficient (Wildman–Crippen LogP) is -0.149. The molecule has 1 rings (SSSR count). The van der Waals surface area contributed by atoms with E-state index in [-0.39, 0.29) is 5.91 Å². The lowest BCUT2D eigenvalue weighted by molar-refractivity contribution is -0.126. The van der Waals surface area contributed by atoms with Gasteiger partial charge >= 0.3 is 0 Å². The van der Waals surface area contributed by atoms with Crippen LogP contribution in [0.1, 0.15) is 6.42 Å². The number of hydrogen-bond donors (Lipinski definition) is 0. The molecule has 0 saturated carbocycles. The lowest BCUT2D eigenvalue weighted by Gasteiger charge is -2.29. The highest BCUT2D eigenvalue weighted by atomic mass is 16.6. The number of hydrogen-bond acceptors (Lipinski definition) is 3. The van der Waals surface area contributed by atoms with Gasteiger partial charge in [-0.05, 0) is 6.42 Å². The van der Waals surface area contributed by atoms with Crippen LogP contribution in [0.25, 0.3) is 0 Å². The monoisotopic (exact) mass is 142 g/mol. The highest BCUT2D eigenvalue weighted by Gasteiger charge is 2.17. The van der Waals surface area contributed by atoms with Crippen LogP contribution < -0.4 is 0 Å². The van der Waals surface area contributed by atoms with Crippen LogP contribution in [-0.2, 0) is 9.63 Å².